The predicted molar refractivity (Wildman–Crippen MR) is 97.4 cm³/mol. The molecule has 1 heterocycles. The van der Waals surface area contributed by atoms with E-state index in [2.05, 4.69) is 15.6 Å². The Morgan fingerprint density at radius 2 is 1.89 bits per heavy atom. The number of pyridine rings is 1. The molecule has 27 heavy (non-hydrogen) atoms. The molecule has 144 valence electrons. The molecule has 0 fully saturated rings. The number of hydrogen-bond donors (Lipinski definition) is 2. The monoisotopic (exact) mass is 379 g/mol. The van der Waals surface area contributed by atoms with E-state index in [1.54, 1.807) is 6.08 Å². The first-order valence-electron chi connectivity index (χ1n) is 8.34. The molecule has 0 unspecified atom stereocenters. The second-order valence-corrected chi connectivity index (χ2v) is 5.48. The van der Waals surface area contributed by atoms with Crippen LogP contribution >= 0.6 is 0 Å². The fourth-order valence-corrected chi connectivity index (χ4v) is 2.12. The van der Waals surface area contributed by atoms with Crippen molar-refractivity contribution in [3.63, 3.8) is 0 Å². The number of anilines is 1. The highest BCUT2D eigenvalue weighted by molar-refractivity contribution is 5.91. The van der Waals surface area contributed by atoms with Gasteiger partial charge in [-0.3, -0.25) is 4.79 Å². The van der Waals surface area contributed by atoms with Gasteiger partial charge in [-0.15, -0.1) is 0 Å². The Labute approximate surface area is 155 Å². The molecule has 2 aromatic rings. The average molecular weight is 379 g/mol. The molecule has 1 aromatic heterocycles. The molecule has 2 rings (SSSR count). The van der Waals surface area contributed by atoms with Crippen LogP contribution in [0.4, 0.5) is 19.0 Å². The molecule has 1 aromatic carbocycles. The topological polar surface area (TPSA) is 63.2 Å². The number of nitrogens with zero attached hydrogens (tertiary/aromatic N) is 1. The van der Waals surface area contributed by atoms with E-state index in [4.69, 9.17) is 4.74 Å². The molecule has 0 saturated carbocycles. The third-order valence-electron chi connectivity index (χ3n) is 3.44. The van der Waals surface area contributed by atoms with E-state index in [9.17, 15) is 18.0 Å². The summed E-state index contributed by atoms with van der Waals surface area (Å²) in [4.78, 5) is 15.5. The Balaban J connectivity index is 1.71. The Morgan fingerprint density at radius 1 is 1.15 bits per heavy atom. The lowest BCUT2D eigenvalue weighted by Gasteiger charge is -2.08. The van der Waals surface area contributed by atoms with Crippen LogP contribution in [0, 0.1) is 0 Å². The second kappa shape index (κ2) is 9.61. The van der Waals surface area contributed by atoms with Crippen molar-refractivity contribution in [2.45, 2.75) is 13.1 Å². The van der Waals surface area contributed by atoms with Crippen LogP contribution in [0.15, 0.2) is 48.7 Å². The summed E-state index contributed by atoms with van der Waals surface area (Å²) >= 11 is 0. The van der Waals surface area contributed by atoms with E-state index in [1.807, 2.05) is 31.2 Å². The third-order valence-corrected chi connectivity index (χ3v) is 3.44. The summed E-state index contributed by atoms with van der Waals surface area (Å²) in [6.07, 6.45) is -0.558. The number of carbonyl (C=O) groups excluding carboxylic acids is 1. The standard InChI is InChI=1S/C19H20F3N3O2/c1-2-27-16-7-3-14(4-8-16)5-10-18(26)24-12-11-23-17-9-6-15(13-25-17)19(20,21)22/h3-10,13H,2,11-12H2,1H3,(H,23,25)(H,24,26)/b10-5+. The van der Waals surface area contributed by atoms with Crippen LogP contribution in [-0.4, -0.2) is 30.6 Å². The van der Waals surface area contributed by atoms with Crippen LogP contribution in [0.3, 0.4) is 0 Å². The lowest BCUT2D eigenvalue weighted by Crippen LogP contribution is -2.27. The SMILES string of the molecule is CCOc1ccc(/C=C/C(=O)NCCNc2ccc(C(F)(F)F)cn2)cc1. The molecule has 8 heteroatoms. The number of amides is 1. The van der Waals surface area contributed by atoms with Crippen molar-refractivity contribution in [2.24, 2.45) is 0 Å². The van der Waals surface area contributed by atoms with Crippen molar-refractivity contribution in [1.82, 2.24) is 10.3 Å². The Hall–Kier alpha value is -3.03. The molecular formula is C19H20F3N3O2. The first kappa shape index (κ1) is 20.3. The highest BCUT2D eigenvalue weighted by Crippen LogP contribution is 2.28. The zero-order valence-electron chi connectivity index (χ0n) is 14.7. The number of ether oxygens (including phenoxy) is 1. The smallest absolute Gasteiger partial charge is 0.417 e. The lowest BCUT2D eigenvalue weighted by molar-refractivity contribution is -0.137. The molecule has 0 aliphatic carbocycles. The van der Waals surface area contributed by atoms with E-state index in [0.29, 0.717) is 25.5 Å². The van der Waals surface area contributed by atoms with E-state index in [0.717, 1.165) is 23.6 Å². The van der Waals surface area contributed by atoms with Gasteiger partial charge in [-0.1, -0.05) is 12.1 Å². The van der Waals surface area contributed by atoms with Crippen LogP contribution < -0.4 is 15.4 Å². The molecule has 0 aliphatic heterocycles. The number of nitrogens with one attached hydrogen (secondary N) is 2. The number of hydrogen-bond acceptors (Lipinski definition) is 4. The number of halogens is 3. The summed E-state index contributed by atoms with van der Waals surface area (Å²) in [7, 11) is 0. The van der Waals surface area contributed by atoms with Gasteiger partial charge < -0.3 is 15.4 Å². The summed E-state index contributed by atoms with van der Waals surface area (Å²) in [6.45, 7) is 3.13. The molecule has 0 atom stereocenters. The minimum atomic E-state index is -4.41. The minimum Gasteiger partial charge on any atom is -0.494 e. The maximum Gasteiger partial charge on any atom is 0.417 e. The van der Waals surface area contributed by atoms with Gasteiger partial charge in [0.1, 0.15) is 11.6 Å². The Kier molecular flexibility index (Phi) is 7.22. The number of rotatable bonds is 8. The molecule has 0 saturated heterocycles. The maximum atomic E-state index is 12.4. The maximum absolute atomic E-state index is 12.4. The quantitative estimate of drug-likeness (QED) is 0.542. The van der Waals surface area contributed by atoms with Gasteiger partial charge in [0.25, 0.3) is 0 Å². The Bertz CT molecular complexity index is 757. The van der Waals surface area contributed by atoms with Gasteiger partial charge in [-0.2, -0.15) is 13.2 Å². The normalized spacial score (nSPS) is 11.4. The fraction of sp³-hybridized carbons (Fsp3) is 0.263. The average Bonchev–Trinajstić information content (AvgIpc) is 2.64. The second-order valence-electron chi connectivity index (χ2n) is 5.48. The van der Waals surface area contributed by atoms with Crippen LogP contribution in [0.25, 0.3) is 6.08 Å². The summed E-state index contributed by atoms with van der Waals surface area (Å²) in [5.41, 5.74) is 0.0569. The number of carbonyl (C=O) groups is 1. The van der Waals surface area contributed by atoms with Crippen LogP contribution in [0.5, 0.6) is 5.75 Å². The Morgan fingerprint density at radius 3 is 2.48 bits per heavy atom. The van der Waals surface area contributed by atoms with Gasteiger partial charge in [0, 0.05) is 25.4 Å². The van der Waals surface area contributed by atoms with E-state index < -0.39 is 11.7 Å². The molecule has 5 nitrogen and oxygen atoms in total. The van der Waals surface area contributed by atoms with Crippen molar-refractivity contribution in [3.8, 4) is 5.75 Å². The highest BCUT2D eigenvalue weighted by Gasteiger charge is 2.30. The lowest BCUT2D eigenvalue weighted by atomic mass is 10.2. The van der Waals surface area contributed by atoms with Gasteiger partial charge in [0.05, 0.1) is 12.2 Å². The van der Waals surface area contributed by atoms with E-state index in [1.165, 1.54) is 12.1 Å². The number of benzene rings is 1. The summed E-state index contributed by atoms with van der Waals surface area (Å²) in [5, 5.41) is 5.51. The van der Waals surface area contributed by atoms with Crippen molar-refractivity contribution >= 4 is 17.8 Å². The van der Waals surface area contributed by atoms with Crippen LogP contribution in [-0.2, 0) is 11.0 Å². The van der Waals surface area contributed by atoms with Crippen molar-refractivity contribution < 1.29 is 22.7 Å². The fourth-order valence-electron chi connectivity index (χ4n) is 2.12. The first-order valence-corrected chi connectivity index (χ1v) is 8.34. The van der Waals surface area contributed by atoms with Crippen molar-refractivity contribution in [3.05, 3.63) is 59.8 Å². The molecule has 2 N–H and O–H groups in total. The first-order chi connectivity index (χ1) is 12.9. The highest BCUT2D eigenvalue weighted by atomic mass is 19.4. The molecule has 0 radical (unpaired) electrons. The zero-order chi connectivity index (χ0) is 19.7. The van der Waals surface area contributed by atoms with Crippen LogP contribution in [0.2, 0.25) is 0 Å². The third kappa shape index (κ3) is 7.01. The van der Waals surface area contributed by atoms with Gasteiger partial charge in [0.15, 0.2) is 0 Å². The molecule has 0 aliphatic rings. The van der Waals surface area contributed by atoms with Gasteiger partial charge in [-0.05, 0) is 42.8 Å². The van der Waals surface area contributed by atoms with E-state index >= 15 is 0 Å². The van der Waals surface area contributed by atoms with Gasteiger partial charge >= 0.3 is 6.18 Å². The molecule has 0 bridgehead atoms. The summed E-state index contributed by atoms with van der Waals surface area (Å²) < 4.78 is 42.7. The van der Waals surface area contributed by atoms with Gasteiger partial charge in [-0.25, -0.2) is 4.98 Å². The largest absolute Gasteiger partial charge is 0.494 e. The molecule has 1 amide bonds. The summed E-state index contributed by atoms with van der Waals surface area (Å²) in [6, 6.07) is 9.52. The zero-order valence-corrected chi connectivity index (χ0v) is 14.7. The number of alkyl halides is 3. The van der Waals surface area contributed by atoms with Crippen molar-refractivity contribution in [1.29, 1.82) is 0 Å². The number of aromatic nitrogens is 1. The minimum absolute atomic E-state index is 0.272. The van der Waals surface area contributed by atoms with Gasteiger partial charge in [0.2, 0.25) is 5.91 Å². The summed E-state index contributed by atoms with van der Waals surface area (Å²) in [5.74, 6) is 0.801. The molecule has 0 spiro atoms. The van der Waals surface area contributed by atoms with Crippen molar-refractivity contribution in [2.75, 3.05) is 25.0 Å². The van der Waals surface area contributed by atoms with E-state index in [-0.39, 0.29) is 5.91 Å². The molecular weight excluding hydrogens is 359 g/mol. The van der Waals surface area contributed by atoms with Crippen LogP contribution in [0.1, 0.15) is 18.1 Å². The predicted octanol–water partition coefficient (Wildman–Crippen LogP) is 3.74.